The predicted molar refractivity (Wildman–Crippen MR) is 121 cm³/mol. The first-order valence-corrected chi connectivity index (χ1v) is 11.2. The van der Waals surface area contributed by atoms with Crippen molar-refractivity contribution < 1.29 is 31.5 Å². The van der Waals surface area contributed by atoms with Gasteiger partial charge in [0.05, 0.1) is 24.8 Å². The largest absolute Gasteiger partial charge is 0.493 e. The lowest BCUT2D eigenvalue weighted by atomic mass is 10.3. The first kappa shape index (κ1) is 24.3. The molecule has 3 rings (SSSR count). The van der Waals surface area contributed by atoms with E-state index in [1.54, 1.807) is 0 Å². The third kappa shape index (κ3) is 5.35. The molecular weight excluding hydrogens is 478 g/mol. The number of anilines is 2. The molecule has 0 heterocycles. The fourth-order valence-electron chi connectivity index (χ4n) is 2.95. The number of carbonyl (C=O) groups excluding carboxylic acids is 1. The zero-order chi connectivity index (χ0) is 24.2. The van der Waals surface area contributed by atoms with Gasteiger partial charge in [-0.15, -0.1) is 0 Å². The van der Waals surface area contributed by atoms with E-state index in [0.29, 0.717) is 10.8 Å². The van der Waals surface area contributed by atoms with E-state index in [1.807, 2.05) is 0 Å². The summed E-state index contributed by atoms with van der Waals surface area (Å²) in [6.45, 7) is -0.772. The number of carbonyl (C=O) groups is 1. The van der Waals surface area contributed by atoms with Gasteiger partial charge in [-0.2, -0.15) is 0 Å². The van der Waals surface area contributed by atoms with E-state index < -0.39 is 39.8 Å². The second-order valence-corrected chi connectivity index (χ2v) is 8.95. The average Bonchev–Trinajstić information content (AvgIpc) is 2.80. The number of nitrogens with one attached hydrogen (secondary N) is 1. The van der Waals surface area contributed by atoms with Crippen LogP contribution in [0.5, 0.6) is 11.5 Å². The lowest BCUT2D eigenvalue weighted by Crippen LogP contribution is -2.38. The summed E-state index contributed by atoms with van der Waals surface area (Å²) in [5.74, 6) is -2.49. The summed E-state index contributed by atoms with van der Waals surface area (Å²) in [6.07, 6.45) is 0. The van der Waals surface area contributed by atoms with Gasteiger partial charge in [0.25, 0.3) is 10.0 Å². The van der Waals surface area contributed by atoms with Crippen molar-refractivity contribution in [1.29, 1.82) is 0 Å². The van der Waals surface area contributed by atoms with Gasteiger partial charge in [-0.1, -0.05) is 17.7 Å². The van der Waals surface area contributed by atoms with Crippen LogP contribution in [0.4, 0.5) is 20.2 Å². The molecule has 0 saturated heterocycles. The Labute approximate surface area is 194 Å². The van der Waals surface area contributed by atoms with Crippen molar-refractivity contribution in [1.82, 2.24) is 0 Å². The van der Waals surface area contributed by atoms with E-state index in [0.717, 1.165) is 22.5 Å². The number of benzene rings is 3. The number of nitrogens with zero attached hydrogens (tertiary/aromatic N) is 1. The number of sulfonamides is 1. The van der Waals surface area contributed by atoms with Crippen LogP contribution < -0.4 is 19.1 Å². The molecule has 0 aliphatic heterocycles. The maximum atomic E-state index is 13.9. The van der Waals surface area contributed by atoms with Gasteiger partial charge in [0, 0.05) is 11.1 Å². The van der Waals surface area contributed by atoms with Gasteiger partial charge in [0.15, 0.2) is 11.5 Å². The van der Waals surface area contributed by atoms with Crippen LogP contribution in [0.1, 0.15) is 0 Å². The topological polar surface area (TPSA) is 84.9 Å². The molecule has 0 bridgehead atoms. The van der Waals surface area contributed by atoms with Crippen molar-refractivity contribution in [3.8, 4) is 11.5 Å². The van der Waals surface area contributed by atoms with Crippen LogP contribution in [0.25, 0.3) is 0 Å². The van der Waals surface area contributed by atoms with E-state index in [2.05, 4.69) is 5.32 Å². The number of ether oxygens (including phenoxy) is 2. The Morgan fingerprint density at radius 3 is 2.15 bits per heavy atom. The smallest absolute Gasteiger partial charge is 0.264 e. The third-order valence-corrected chi connectivity index (χ3v) is 6.59. The molecule has 0 fully saturated rings. The Morgan fingerprint density at radius 2 is 1.58 bits per heavy atom. The zero-order valence-electron chi connectivity index (χ0n) is 17.5. The molecular formula is C22H19ClF2N2O5S. The monoisotopic (exact) mass is 496 g/mol. The first-order chi connectivity index (χ1) is 15.7. The number of hydrogen-bond acceptors (Lipinski definition) is 5. The number of rotatable bonds is 8. The van der Waals surface area contributed by atoms with Crippen LogP contribution in [-0.4, -0.2) is 35.1 Å². The van der Waals surface area contributed by atoms with Gasteiger partial charge in [-0.3, -0.25) is 9.10 Å². The fraction of sp³-hybridized carbons (Fsp3) is 0.136. The van der Waals surface area contributed by atoms with Crippen molar-refractivity contribution in [2.75, 3.05) is 30.4 Å². The van der Waals surface area contributed by atoms with Gasteiger partial charge in [0.1, 0.15) is 23.9 Å². The summed E-state index contributed by atoms with van der Waals surface area (Å²) >= 11 is 5.91. The second kappa shape index (κ2) is 10.1. The number of hydrogen-bond donors (Lipinski definition) is 1. The summed E-state index contributed by atoms with van der Waals surface area (Å²) in [5.41, 5.74) is -0.569. The molecule has 3 aromatic rings. The van der Waals surface area contributed by atoms with E-state index in [4.69, 9.17) is 21.1 Å². The predicted octanol–water partition coefficient (Wildman–Crippen LogP) is 4.47. The molecule has 3 aromatic carbocycles. The molecule has 0 atom stereocenters. The Bertz CT molecular complexity index is 1250. The van der Waals surface area contributed by atoms with Gasteiger partial charge >= 0.3 is 0 Å². The molecule has 11 heteroatoms. The molecule has 33 heavy (non-hydrogen) atoms. The van der Waals surface area contributed by atoms with Crippen molar-refractivity contribution in [2.45, 2.75) is 4.90 Å². The van der Waals surface area contributed by atoms with Crippen LogP contribution >= 0.6 is 11.6 Å². The molecule has 7 nitrogen and oxygen atoms in total. The molecule has 0 aliphatic carbocycles. The molecule has 0 aromatic heterocycles. The highest BCUT2D eigenvalue weighted by Crippen LogP contribution is 2.32. The normalized spacial score (nSPS) is 11.1. The second-order valence-electron chi connectivity index (χ2n) is 6.65. The van der Waals surface area contributed by atoms with Gasteiger partial charge in [-0.05, 0) is 48.5 Å². The molecule has 0 aliphatic rings. The minimum atomic E-state index is -4.33. The Balaban J connectivity index is 2.01. The highest BCUT2D eigenvalue weighted by molar-refractivity contribution is 7.92. The quantitative estimate of drug-likeness (QED) is 0.497. The van der Waals surface area contributed by atoms with Crippen molar-refractivity contribution in [2.24, 2.45) is 0 Å². The average molecular weight is 497 g/mol. The number of para-hydroxylation sites is 1. The number of amides is 1. The van der Waals surface area contributed by atoms with Crippen molar-refractivity contribution in [3.63, 3.8) is 0 Å². The lowest BCUT2D eigenvalue weighted by Gasteiger charge is -2.24. The maximum absolute atomic E-state index is 13.9. The zero-order valence-corrected chi connectivity index (χ0v) is 19.1. The summed E-state index contributed by atoms with van der Waals surface area (Å²) < 4.78 is 65.9. The number of methoxy groups -OCH3 is 2. The first-order valence-electron chi connectivity index (χ1n) is 9.41. The summed E-state index contributed by atoms with van der Waals surface area (Å²) in [6, 6.07) is 12.7. The Morgan fingerprint density at radius 1 is 0.970 bits per heavy atom. The van der Waals surface area contributed by atoms with E-state index in [9.17, 15) is 22.0 Å². The van der Waals surface area contributed by atoms with Crippen molar-refractivity contribution >= 4 is 38.9 Å². The Kier molecular flexibility index (Phi) is 7.39. The molecule has 0 spiro atoms. The van der Waals surface area contributed by atoms with Crippen LogP contribution in [0.3, 0.4) is 0 Å². The third-order valence-electron chi connectivity index (χ3n) is 4.57. The van der Waals surface area contributed by atoms with Gasteiger partial charge in [-0.25, -0.2) is 17.2 Å². The van der Waals surface area contributed by atoms with Crippen LogP contribution in [-0.2, 0) is 14.8 Å². The minimum absolute atomic E-state index is 0.110. The minimum Gasteiger partial charge on any atom is -0.493 e. The molecule has 1 amide bonds. The molecule has 174 valence electrons. The van der Waals surface area contributed by atoms with E-state index in [-0.39, 0.29) is 16.3 Å². The number of halogens is 3. The molecule has 0 unspecified atom stereocenters. The van der Waals surface area contributed by atoms with Crippen LogP contribution in [0.15, 0.2) is 65.6 Å². The van der Waals surface area contributed by atoms with E-state index in [1.165, 1.54) is 56.7 Å². The van der Waals surface area contributed by atoms with Gasteiger partial charge in [0.2, 0.25) is 5.91 Å². The highest BCUT2D eigenvalue weighted by Gasteiger charge is 2.29. The van der Waals surface area contributed by atoms with Crippen LogP contribution in [0.2, 0.25) is 5.02 Å². The molecule has 1 N–H and O–H groups in total. The lowest BCUT2D eigenvalue weighted by molar-refractivity contribution is -0.114. The van der Waals surface area contributed by atoms with Gasteiger partial charge < -0.3 is 14.8 Å². The maximum Gasteiger partial charge on any atom is 0.264 e. The highest BCUT2D eigenvalue weighted by atomic mass is 35.5. The summed E-state index contributed by atoms with van der Waals surface area (Å²) in [4.78, 5) is 12.5. The summed E-state index contributed by atoms with van der Waals surface area (Å²) in [5, 5.41) is 2.44. The Hall–Kier alpha value is -3.37. The standard InChI is InChI=1S/C22H19ClF2N2O5S/c1-31-19-11-10-16(12-20(19)32-2)33(29,30)27(15-8-6-14(23)7-9-15)13-21(28)26-22-17(24)4-3-5-18(22)25/h3-12H,13H2,1-2H3,(H,26,28). The van der Waals surface area contributed by atoms with Crippen LogP contribution in [0, 0.1) is 11.6 Å². The SMILES string of the molecule is COc1ccc(S(=O)(=O)N(CC(=O)Nc2c(F)cccc2F)c2ccc(Cl)cc2)cc1OC. The molecule has 0 saturated carbocycles. The fourth-order valence-corrected chi connectivity index (χ4v) is 4.52. The van der Waals surface area contributed by atoms with E-state index >= 15 is 0 Å². The van der Waals surface area contributed by atoms with Crippen molar-refractivity contribution in [3.05, 3.63) is 77.3 Å². The molecule has 0 radical (unpaired) electrons. The summed E-state index contributed by atoms with van der Waals surface area (Å²) in [7, 11) is -1.58.